The largest absolute Gasteiger partial charge is 0.497 e. The summed E-state index contributed by atoms with van der Waals surface area (Å²) in [5.74, 6) is 0.882. The fourth-order valence-corrected chi connectivity index (χ4v) is 1.35. The molecule has 76 valence electrons. The highest BCUT2D eigenvalue weighted by atomic mass is 16.5. The van der Waals surface area contributed by atoms with Crippen LogP contribution in [-0.2, 0) is 0 Å². The predicted molar refractivity (Wildman–Crippen MR) is 62.7 cm³/mol. The Hall–Kier alpha value is -1.96. The molecule has 15 heavy (non-hydrogen) atoms. The van der Waals surface area contributed by atoms with Gasteiger partial charge in [0, 0.05) is 11.9 Å². The quantitative estimate of drug-likeness (QED) is 0.806. The lowest BCUT2D eigenvalue weighted by molar-refractivity contribution is 0.415. The fourth-order valence-electron chi connectivity index (χ4n) is 1.35. The number of benzene rings is 1. The third kappa shape index (κ3) is 2.50. The van der Waals surface area contributed by atoms with Crippen LogP contribution in [0.2, 0.25) is 0 Å². The van der Waals surface area contributed by atoms with Crippen LogP contribution in [0.15, 0.2) is 42.6 Å². The molecule has 0 atom stereocenters. The smallest absolute Gasteiger partial charge is 0.118 e. The van der Waals surface area contributed by atoms with Gasteiger partial charge in [-0.2, -0.15) is 0 Å². The molecule has 0 radical (unpaired) electrons. The Morgan fingerprint density at radius 1 is 1.07 bits per heavy atom. The van der Waals surface area contributed by atoms with Crippen LogP contribution in [0.4, 0.5) is 0 Å². The third-order valence-corrected chi connectivity index (χ3v) is 2.19. The molecule has 0 fully saturated rings. The summed E-state index contributed by atoms with van der Waals surface area (Å²) in [7, 11) is 1.67. The summed E-state index contributed by atoms with van der Waals surface area (Å²) < 4.78 is 5.09. The van der Waals surface area contributed by atoms with Crippen LogP contribution in [0, 0.1) is 0 Å². The highest BCUT2D eigenvalue weighted by molar-refractivity contribution is 5.68. The van der Waals surface area contributed by atoms with Gasteiger partial charge in [0.05, 0.1) is 7.11 Å². The van der Waals surface area contributed by atoms with E-state index >= 15 is 0 Å². The number of hydrogen-bond donors (Lipinski definition) is 1. The molecule has 0 bridgehead atoms. The summed E-state index contributed by atoms with van der Waals surface area (Å²) >= 11 is 0. The van der Waals surface area contributed by atoms with E-state index in [0.717, 1.165) is 17.0 Å². The molecule has 0 unspecified atom stereocenters. The summed E-state index contributed by atoms with van der Waals surface area (Å²) in [4.78, 5) is 3.12. The van der Waals surface area contributed by atoms with Gasteiger partial charge >= 0.3 is 0 Å². The second kappa shape index (κ2) is 4.51. The van der Waals surface area contributed by atoms with Crippen LogP contribution in [0.3, 0.4) is 0 Å². The van der Waals surface area contributed by atoms with Gasteiger partial charge in [-0.05, 0) is 35.9 Å². The first-order chi connectivity index (χ1) is 7.38. The lowest BCUT2D eigenvalue weighted by Gasteiger charge is -1.98. The number of aromatic nitrogens is 1. The van der Waals surface area contributed by atoms with Crippen LogP contribution in [0.1, 0.15) is 11.3 Å². The maximum Gasteiger partial charge on any atom is 0.118 e. The third-order valence-electron chi connectivity index (χ3n) is 2.19. The van der Waals surface area contributed by atoms with Gasteiger partial charge in [-0.3, -0.25) is 0 Å². The average Bonchev–Trinajstić information content (AvgIpc) is 2.80. The minimum atomic E-state index is 0.882. The lowest BCUT2D eigenvalue weighted by Crippen LogP contribution is -1.81. The van der Waals surface area contributed by atoms with Crippen LogP contribution < -0.4 is 4.74 Å². The van der Waals surface area contributed by atoms with Gasteiger partial charge in [0.25, 0.3) is 0 Å². The minimum Gasteiger partial charge on any atom is -0.497 e. The Labute approximate surface area is 89.2 Å². The van der Waals surface area contributed by atoms with E-state index in [1.807, 2.05) is 48.7 Å². The first-order valence-electron chi connectivity index (χ1n) is 4.84. The zero-order chi connectivity index (χ0) is 10.5. The SMILES string of the molecule is COc1ccc(/C=C/c2ccc[nH]2)cc1. The molecule has 1 N–H and O–H groups in total. The molecular formula is C13H13NO. The van der Waals surface area contributed by atoms with E-state index in [4.69, 9.17) is 4.74 Å². The van der Waals surface area contributed by atoms with E-state index in [9.17, 15) is 0 Å². The van der Waals surface area contributed by atoms with Crippen molar-refractivity contribution in [2.24, 2.45) is 0 Å². The second-order valence-electron chi connectivity index (χ2n) is 3.23. The molecule has 0 saturated heterocycles. The molecule has 0 aliphatic heterocycles. The maximum absolute atomic E-state index is 5.09. The van der Waals surface area contributed by atoms with E-state index < -0.39 is 0 Å². The molecule has 0 saturated carbocycles. The van der Waals surface area contributed by atoms with E-state index in [1.165, 1.54) is 0 Å². The lowest BCUT2D eigenvalue weighted by atomic mass is 10.2. The van der Waals surface area contributed by atoms with Crippen molar-refractivity contribution in [1.29, 1.82) is 0 Å². The average molecular weight is 199 g/mol. The summed E-state index contributed by atoms with van der Waals surface area (Å²) in [6.07, 6.45) is 6.01. The minimum absolute atomic E-state index is 0.882. The number of methoxy groups -OCH3 is 1. The Kier molecular flexibility index (Phi) is 2.88. The van der Waals surface area contributed by atoms with E-state index in [0.29, 0.717) is 0 Å². The number of aromatic amines is 1. The number of H-pyrrole nitrogens is 1. The molecule has 0 aliphatic rings. The Balaban J connectivity index is 2.11. The van der Waals surface area contributed by atoms with E-state index in [-0.39, 0.29) is 0 Å². The number of nitrogens with one attached hydrogen (secondary N) is 1. The highest BCUT2D eigenvalue weighted by Crippen LogP contribution is 2.13. The maximum atomic E-state index is 5.09. The van der Waals surface area contributed by atoms with Gasteiger partial charge in [-0.1, -0.05) is 18.2 Å². The number of ether oxygens (including phenoxy) is 1. The van der Waals surface area contributed by atoms with Crippen molar-refractivity contribution in [3.05, 3.63) is 53.9 Å². The monoisotopic (exact) mass is 199 g/mol. The molecule has 1 aromatic carbocycles. The van der Waals surface area contributed by atoms with E-state index in [1.54, 1.807) is 7.11 Å². The molecule has 0 aliphatic carbocycles. The Morgan fingerprint density at radius 2 is 1.87 bits per heavy atom. The fraction of sp³-hybridized carbons (Fsp3) is 0.0769. The van der Waals surface area contributed by atoms with Gasteiger partial charge in [0.1, 0.15) is 5.75 Å². The van der Waals surface area contributed by atoms with Gasteiger partial charge in [0.15, 0.2) is 0 Å². The zero-order valence-electron chi connectivity index (χ0n) is 8.60. The normalized spacial score (nSPS) is 10.7. The zero-order valence-corrected chi connectivity index (χ0v) is 8.60. The van der Waals surface area contributed by atoms with Crippen LogP contribution in [0.5, 0.6) is 5.75 Å². The number of hydrogen-bond acceptors (Lipinski definition) is 1. The molecule has 2 aromatic rings. The molecule has 2 nitrogen and oxygen atoms in total. The van der Waals surface area contributed by atoms with E-state index in [2.05, 4.69) is 11.1 Å². The van der Waals surface area contributed by atoms with Gasteiger partial charge in [-0.25, -0.2) is 0 Å². The van der Waals surface area contributed by atoms with Gasteiger partial charge in [0.2, 0.25) is 0 Å². The van der Waals surface area contributed by atoms with Gasteiger partial charge in [-0.15, -0.1) is 0 Å². The summed E-state index contributed by atoms with van der Waals surface area (Å²) in [5, 5.41) is 0. The standard InChI is InChI=1S/C13H13NO/c1-15-13-8-5-11(6-9-13)4-7-12-3-2-10-14-12/h2-10,14H,1H3/b7-4+. The molecule has 0 spiro atoms. The Morgan fingerprint density at radius 3 is 2.47 bits per heavy atom. The number of rotatable bonds is 3. The molecular weight excluding hydrogens is 186 g/mol. The first-order valence-corrected chi connectivity index (χ1v) is 4.84. The van der Waals surface area contributed by atoms with Crippen molar-refractivity contribution >= 4 is 12.2 Å². The summed E-state index contributed by atoms with van der Waals surface area (Å²) in [6, 6.07) is 12.0. The van der Waals surface area contributed by atoms with Crippen molar-refractivity contribution in [2.75, 3.05) is 7.11 Å². The van der Waals surface area contributed by atoms with Crippen molar-refractivity contribution in [1.82, 2.24) is 4.98 Å². The predicted octanol–water partition coefficient (Wildman–Crippen LogP) is 3.19. The molecule has 2 heteroatoms. The molecule has 2 rings (SSSR count). The van der Waals surface area contributed by atoms with Crippen LogP contribution >= 0.6 is 0 Å². The first kappa shape index (κ1) is 9.59. The van der Waals surface area contributed by atoms with Crippen molar-refractivity contribution in [3.8, 4) is 5.75 Å². The summed E-state index contributed by atoms with van der Waals surface area (Å²) in [6.45, 7) is 0. The molecule has 0 amide bonds. The van der Waals surface area contributed by atoms with Crippen LogP contribution in [-0.4, -0.2) is 12.1 Å². The highest BCUT2D eigenvalue weighted by Gasteiger charge is 1.90. The Bertz CT molecular complexity index is 426. The molecule has 1 aromatic heterocycles. The van der Waals surface area contributed by atoms with Crippen LogP contribution in [0.25, 0.3) is 12.2 Å². The second-order valence-corrected chi connectivity index (χ2v) is 3.23. The summed E-state index contributed by atoms with van der Waals surface area (Å²) in [5.41, 5.74) is 2.26. The van der Waals surface area contributed by atoms with Crippen molar-refractivity contribution in [3.63, 3.8) is 0 Å². The van der Waals surface area contributed by atoms with Gasteiger partial charge < -0.3 is 9.72 Å². The van der Waals surface area contributed by atoms with Crippen molar-refractivity contribution in [2.45, 2.75) is 0 Å². The topological polar surface area (TPSA) is 25.0 Å². The molecule has 1 heterocycles. The van der Waals surface area contributed by atoms with Crippen molar-refractivity contribution < 1.29 is 4.74 Å².